The highest BCUT2D eigenvalue weighted by molar-refractivity contribution is 5.72. The first kappa shape index (κ1) is 11.0. The molecule has 0 aliphatic heterocycles. The zero-order valence-corrected chi connectivity index (χ0v) is 9.36. The molecule has 4 nitrogen and oxygen atoms in total. The van der Waals surface area contributed by atoms with Crippen LogP contribution in [0, 0.1) is 5.92 Å². The number of aromatic amines is 1. The number of oxazole rings is 1. The van der Waals surface area contributed by atoms with Gasteiger partial charge < -0.3 is 9.52 Å². The minimum atomic E-state index is -0.447. The fraction of sp³-hybridized carbons (Fsp3) is 0.417. The average molecular weight is 221 g/mol. The molecule has 1 aromatic heterocycles. The monoisotopic (exact) mass is 221 g/mol. The predicted octanol–water partition coefficient (Wildman–Crippen LogP) is 1.85. The van der Waals surface area contributed by atoms with E-state index in [4.69, 9.17) is 4.42 Å². The summed E-state index contributed by atoms with van der Waals surface area (Å²) in [6, 6.07) is 5.51. The minimum absolute atomic E-state index is 0.0859. The molecule has 2 aromatic rings. The molecule has 0 radical (unpaired) electrons. The van der Waals surface area contributed by atoms with Gasteiger partial charge in [-0.2, -0.15) is 0 Å². The molecule has 16 heavy (non-hydrogen) atoms. The van der Waals surface area contributed by atoms with Gasteiger partial charge in [0.05, 0.1) is 12.1 Å². The van der Waals surface area contributed by atoms with E-state index < -0.39 is 5.76 Å². The van der Waals surface area contributed by atoms with E-state index in [1.807, 2.05) is 12.1 Å². The van der Waals surface area contributed by atoms with Crippen molar-refractivity contribution in [3.8, 4) is 0 Å². The zero-order valence-electron chi connectivity index (χ0n) is 9.36. The number of benzene rings is 1. The number of H-pyrrole nitrogens is 1. The Balaban J connectivity index is 2.48. The lowest BCUT2D eigenvalue weighted by Crippen LogP contribution is -2.10. The molecule has 0 saturated heterocycles. The van der Waals surface area contributed by atoms with Crippen molar-refractivity contribution in [1.82, 2.24) is 4.98 Å². The summed E-state index contributed by atoms with van der Waals surface area (Å²) in [4.78, 5) is 13.6. The molecule has 0 aliphatic carbocycles. The maximum absolute atomic E-state index is 11.0. The predicted molar refractivity (Wildman–Crippen MR) is 61.5 cm³/mol. The number of aliphatic hydroxyl groups excluding tert-OH is 1. The number of nitrogens with one attached hydrogen (secondary N) is 1. The SMILES string of the molecule is CC(C)C(CO)c1ccc2oc(=O)[nH]c2c1. The van der Waals surface area contributed by atoms with Crippen molar-refractivity contribution in [3.63, 3.8) is 0 Å². The molecule has 4 heteroatoms. The van der Waals surface area contributed by atoms with E-state index in [1.165, 1.54) is 0 Å². The van der Waals surface area contributed by atoms with Crippen LogP contribution >= 0.6 is 0 Å². The third kappa shape index (κ3) is 1.88. The van der Waals surface area contributed by atoms with E-state index in [-0.39, 0.29) is 12.5 Å². The zero-order chi connectivity index (χ0) is 11.7. The molecule has 86 valence electrons. The summed E-state index contributed by atoms with van der Waals surface area (Å²) >= 11 is 0. The van der Waals surface area contributed by atoms with E-state index >= 15 is 0 Å². The highest BCUT2D eigenvalue weighted by Gasteiger charge is 2.15. The summed E-state index contributed by atoms with van der Waals surface area (Å²) in [5, 5.41) is 9.33. The summed E-state index contributed by atoms with van der Waals surface area (Å²) in [5.41, 5.74) is 2.25. The molecule has 1 atom stereocenters. The molecule has 0 spiro atoms. The van der Waals surface area contributed by atoms with Gasteiger partial charge in [-0.15, -0.1) is 0 Å². The van der Waals surface area contributed by atoms with E-state index in [1.54, 1.807) is 6.07 Å². The van der Waals surface area contributed by atoms with Crippen LogP contribution in [0.5, 0.6) is 0 Å². The molecule has 2 rings (SSSR count). The number of hydrogen-bond donors (Lipinski definition) is 2. The second kappa shape index (κ2) is 4.14. The van der Waals surface area contributed by atoms with E-state index in [9.17, 15) is 9.90 Å². The number of hydrogen-bond acceptors (Lipinski definition) is 3. The van der Waals surface area contributed by atoms with Crippen LogP contribution in [-0.2, 0) is 0 Å². The molecular weight excluding hydrogens is 206 g/mol. The van der Waals surface area contributed by atoms with Crippen molar-refractivity contribution < 1.29 is 9.52 Å². The van der Waals surface area contributed by atoms with Crippen molar-refractivity contribution in [2.45, 2.75) is 19.8 Å². The highest BCUT2D eigenvalue weighted by Crippen LogP contribution is 2.25. The van der Waals surface area contributed by atoms with Gasteiger partial charge in [0.2, 0.25) is 0 Å². The molecular formula is C12H15NO3. The summed E-state index contributed by atoms with van der Waals surface area (Å²) in [6.07, 6.45) is 0. The Bertz CT molecular complexity index is 538. The Morgan fingerprint density at radius 2 is 2.19 bits per heavy atom. The minimum Gasteiger partial charge on any atom is -0.408 e. The van der Waals surface area contributed by atoms with Gasteiger partial charge in [0.25, 0.3) is 0 Å². The lowest BCUT2D eigenvalue weighted by molar-refractivity contribution is 0.237. The molecule has 1 aromatic carbocycles. The summed E-state index contributed by atoms with van der Waals surface area (Å²) < 4.78 is 4.92. The molecule has 1 heterocycles. The van der Waals surface area contributed by atoms with Gasteiger partial charge in [-0.1, -0.05) is 19.9 Å². The molecule has 1 unspecified atom stereocenters. The maximum atomic E-state index is 11.0. The smallest absolute Gasteiger partial charge is 0.408 e. The summed E-state index contributed by atoms with van der Waals surface area (Å²) in [6.45, 7) is 4.22. The molecule has 0 bridgehead atoms. The fourth-order valence-electron chi connectivity index (χ4n) is 1.90. The Kier molecular flexibility index (Phi) is 2.83. The van der Waals surface area contributed by atoms with E-state index in [0.29, 0.717) is 17.0 Å². The van der Waals surface area contributed by atoms with Gasteiger partial charge in [0.1, 0.15) is 0 Å². The first-order chi connectivity index (χ1) is 7.61. The third-order valence-corrected chi connectivity index (χ3v) is 2.87. The fourth-order valence-corrected chi connectivity index (χ4v) is 1.90. The van der Waals surface area contributed by atoms with Gasteiger partial charge >= 0.3 is 5.76 Å². The lowest BCUT2D eigenvalue weighted by Gasteiger charge is -2.18. The van der Waals surface area contributed by atoms with Crippen LogP contribution in [0.1, 0.15) is 25.3 Å². The Hall–Kier alpha value is -1.55. The topological polar surface area (TPSA) is 66.2 Å². The first-order valence-corrected chi connectivity index (χ1v) is 5.35. The summed E-state index contributed by atoms with van der Waals surface area (Å²) in [5.74, 6) is -0.0129. The van der Waals surface area contributed by atoms with Gasteiger partial charge in [-0.3, -0.25) is 4.98 Å². The lowest BCUT2D eigenvalue weighted by atomic mass is 9.89. The molecule has 0 fully saturated rings. The van der Waals surface area contributed by atoms with Crippen LogP contribution < -0.4 is 5.76 Å². The van der Waals surface area contributed by atoms with Gasteiger partial charge in [-0.25, -0.2) is 4.79 Å². The van der Waals surface area contributed by atoms with Crippen molar-refractivity contribution in [2.24, 2.45) is 5.92 Å². The standard InChI is InChI=1S/C12H15NO3/c1-7(2)9(6-14)8-3-4-11-10(5-8)13-12(15)16-11/h3-5,7,9,14H,6H2,1-2H3,(H,13,15). The number of aromatic nitrogens is 1. The van der Waals surface area contributed by atoms with Crippen LogP contribution in [-0.4, -0.2) is 16.7 Å². The highest BCUT2D eigenvalue weighted by atomic mass is 16.4. The van der Waals surface area contributed by atoms with Crippen molar-refractivity contribution in [3.05, 3.63) is 34.3 Å². The second-order valence-corrected chi connectivity index (χ2v) is 4.30. The number of fused-ring (bicyclic) bond motifs is 1. The molecule has 0 saturated carbocycles. The molecule has 0 amide bonds. The van der Waals surface area contributed by atoms with Crippen LogP contribution in [0.25, 0.3) is 11.1 Å². The van der Waals surface area contributed by atoms with E-state index in [2.05, 4.69) is 18.8 Å². The normalized spacial score (nSPS) is 13.5. The molecule has 0 aliphatic rings. The van der Waals surface area contributed by atoms with Crippen LogP contribution in [0.2, 0.25) is 0 Å². The Morgan fingerprint density at radius 1 is 1.44 bits per heavy atom. The number of rotatable bonds is 3. The maximum Gasteiger partial charge on any atom is 0.417 e. The van der Waals surface area contributed by atoms with Crippen molar-refractivity contribution in [1.29, 1.82) is 0 Å². The van der Waals surface area contributed by atoms with Gasteiger partial charge in [0.15, 0.2) is 5.58 Å². The van der Waals surface area contributed by atoms with Gasteiger partial charge in [-0.05, 0) is 23.6 Å². The first-order valence-electron chi connectivity index (χ1n) is 5.35. The van der Waals surface area contributed by atoms with Crippen LogP contribution in [0.15, 0.2) is 27.4 Å². The van der Waals surface area contributed by atoms with Crippen molar-refractivity contribution in [2.75, 3.05) is 6.61 Å². The van der Waals surface area contributed by atoms with E-state index in [0.717, 1.165) is 5.56 Å². The van der Waals surface area contributed by atoms with Crippen molar-refractivity contribution >= 4 is 11.1 Å². The largest absolute Gasteiger partial charge is 0.417 e. The second-order valence-electron chi connectivity index (χ2n) is 4.30. The number of aliphatic hydroxyl groups is 1. The van der Waals surface area contributed by atoms with Gasteiger partial charge in [0, 0.05) is 5.92 Å². The quantitative estimate of drug-likeness (QED) is 0.831. The van der Waals surface area contributed by atoms with Crippen LogP contribution in [0.3, 0.4) is 0 Å². The Labute approximate surface area is 92.9 Å². The third-order valence-electron chi connectivity index (χ3n) is 2.87. The average Bonchev–Trinajstić information content (AvgIpc) is 2.57. The molecule has 2 N–H and O–H groups in total. The summed E-state index contributed by atoms with van der Waals surface area (Å²) in [7, 11) is 0. The van der Waals surface area contributed by atoms with Crippen LogP contribution in [0.4, 0.5) is 0 Å². The Morgan fingerprint density at radius 3 is 2.81 bits per heavy atom.